The fraction of sp³-hybridized carbons (Fsp3) is 0.364. The zero-order valence-corrected chi connectivity index (χ0v) is 19.3. The van der Waals surface area contributed by atoms with Gasteiger partial charge in [0.15, 0.2) is 0 Å². The van der Waals surface area contributed by atoms with Crippen LogP contribution in [0.4, 0.5) is 4.79 Å². The lowest BCUT2D eigenvalue weighted by Gasteiger charge is -2.28. The van der Waals surface area contributed by atoms with Crippen LogP contribution < -0.4 is 15.4 Å². The fourth-order valence-corrected chi connectivity index (χ4v) is 5.48. The summed E-state index contributed by atoms with van der Waals surface area (Å²) < 4.78 is 32.4. The molecule has 1 aliphatic carbocycles. The Kier molecular flexibility index (Phi) is 7.98. The van der Waals surface area contributed by atoms with Crippen LogP contribution >= 0.6 is 11.6 Å². The van der Waals surface area contributed by atoms with Crippen molar-refractivity contribution in [3.63, 3.8) is 0 Å². The van der Waals surface area contributed by atoms with Gasteiger partial charge in [0.2, 0.25) is 0 Å². The maximum Gasteiger partial charge on any atom is 0.331 e. The summed E-state index contributed by atoms with van der Waals surface area (Å²) >= 11 is 5.96. The Labute approximate surface area is 192 Å². The summed E-state index contributed by atoms with van der Waals surface area (Å²) in [4.78, 5) is 25.4. The summed E-state index contributed by atoms with van der Waals surface area (Å²) in [7, 11) is -2.54. The van der Waals surface area contributed by atoms with Gasteiger partial charge in [-0.1, -0.05) is 42.6 Å². The van der Waals surface area contributed by atoms with Crippen LogP contribution in [0.2, 0.25) is 5.02 Å². The van der Waals surface area contributed by atoms with Crippen molar-refractivity contribution < 1.29 is 22.7 Å². The molecule has 0 bridgehead atoms. The minimum atomic E-state index is -3.99. The van der Waals surface area contributed by atoms with Crippen LogP contribution in [-0.4, -0.2) is 50.9 Å². The number of carbonyl (C=O) groups excluding carboxylic acids is 2. The number of benzene rings is 2. The highest BCUT2D eigenvalue weighted by atomic mass is 35.5. The summed E-state index contributed by atoms with van der Waals surface area (Å²) in [6.07, 6.45) is 3.00. The summed E-state index contributed by atoms with van der Waals surface area (Å²) in [6.45, 7) is 0.158. The van der Waals surface area contributed by atoms with E-state index in [-0.39, 0.29) is 29.6 Å². The van der Waals surface area contributed by atoms with E-state index < -0.39 is 22.0 Å². The van der Waals surface area contributed by atoms with Crippen molar-refractivity contribution in [2.45, 2.75) is 36.6 Å². The number of halogens is 1. The Hall–Kier alpha value is -2.78. The minimum Gasteiger partial charge on any atom is -0.496 e. The maximum absolute atomic E-state index is 13.2. The number of urea groups is 1. The van der Waals surface area contributed by atoms with Crippen molar-refractivity contribution in [1.29, 1.82) is 0 Å². The Balaban J connectivity index is 1.64. The predicted octanol–water partition coefficient (Wildman–Crippen LogP) is 3.42. The molecule has 1 fully saturated rings. The largest absolute Gasteiger partial charge is 0.496 e. The van der Waals surface area contributed by atoms with Gasteiger partial charge in [0.25, 0.3) is 15.9 Å². The molecule has 0 aliphatic heterocycles. The standard InChI is InChI=1S/C22H26ClN3O5S/c1-31-20-12-11-16(23)15-19(20)21(27)24-13-14-25-22(28)26(17-7-5-6-8-17)32(29,30)18-9-3-2-4-10-18/h2-4,9-12,15,17H,5-8,13-14H2,1H3,(H,24,27)(H,25,28). The quantitative estimate of drug-likeness (QED) is 0.564. The van der Waals surface area contributed by atoms with E-state index in [4.69, 9.17) is 16.3 Å². The summed E-state index contributed by atoms with van der Waals surface area (Å²) in [5.41, 5.74) is 0.269. The minimum absolute atomic E-state index is 0.0565. The summed E-state index contributed by atoms with van der Waals surface area (Å²) in [5, 5.41) is 5.68. The highest BCUT2D eigenvalue weighted by molar-refractivity contribution is 7.89. The Morgan fingerprint density at radius 1 is 1.06 bits per heavy atom. The van der Waals surface area contributed by atoms with E-state index in [1.807, 2.05) is 0 Å². The van der Waals surface area contributed by atoms with E-state index in [0.29, 0.717) is 23.6 Å². The molecular weight excluding hydrogens is 454 g/mol. The normalized spacial score (nSPS) is 14.1. The van der Waals surface area contributed by atoms with E-state index in [2.05, 4.69) is 10.6 Å². The van der Waals surface area contributed by atoms with Gasteiger partial charge < -0.3 is 15.4 Å². The smallest absolute Gasteiger partial charge is 0.331 e. The van der Waals surface area contributed by atoms with Crippen molar-refractivity contribution in [3.8, 4) is 5.75 Å². The second-order valence-electron chi connectivity index (χ2n) is 7.38. The van der Waals surface area contributed by atoms with Gasteiger partial charge in [-0.3, -0.25) is 4.79 Å². The maximum atomic E-state index is 13.2. The van der Waals surface area contributed by atoms with Crippen LogP contribution in [0.1, 0.15) is 36.0 Å². The third-order valence-corrected chi connectivity index (χ3v) is 7.33. The van der Waals surface area contributed by atoms with Crippen molar-refractivity contribution >= 4 is 33.6 Å². The zero-order valence-electron chi connectivity index (χ0n) is 17.7. The topological polar surface area (TPSA) is 105 Å². The van der Waals surface area contributed by atoms with Crippen LogP contribution in [-0.2, 0) is 10.0 Å². The Bertz CT molecular complexity index is 1060. The highest BCUT2D eigenvalue weighted by Crippen LogP contribution is 2.28. The molecule has 2 aromatic carbocycles. The molecule has 0 radical (unpaired) electrons. The first kappa shape index (κ1) is 23.9. The lowest BCUT2D eigenvalue weighted by Crippen LogP contribution is -2.49. The molecule has 3 amide bonds. The number of ether oxygens (including phenoxy) is 1. The van der Waals surface area contributed by atoms with Crippen molar-refractivity contribution in [1.82, 2.24) is 14.9 Å². The molecule has 0 aromatic heterocycles. The lowest BCUT2D eigenvalue weighted by molar-refractivity contribution is 0.0950. The number of carbonyl (C=O) groups is 2. The van der Waals surface area contributed by atoms with Crippen molar-refractivity contribution in [2.75, 3.05) is 20.2 Å². The van der Waals surface area contributed by atoms with Crippen molar-refractivity contribution in [2.24, 2.45) is 0 Å². The molecule has 0 saturated heterocycles. The number of amides is 3. The number of nitrogens with one attached hydrogen (secondary N) is 2. The third-order valence-electron chi connectivity index (χ3n) is 5.25. The van der Waals surface area contributed by atoms with E-state index in [9.17, 15) is 18.0 Å². The average Bonchev–Trinajstić information content (AvgIpc) is 3.31. The average molecular weight is 480 g/mol. The van der Waals surface area contributed by atoms with Crippen LogP contribution in [0.15, 0.2) is 53.4 Å². The van der Waals surface area contributed by atoms with Gasteiger partial charge in [0.1, 0.15) is 5.75 Å². The van der Waals surface area contributed by atoms with Gasteiger partial charge in [-0.2, -0.15) is 0 Å². The summed E-state index contributed by atoms with van der Waals surface area (Å²) in [5.74, 6) is -0.0412. The van der Waals surface area contributed by atoms with Gasteiger partial charge in [-0.15, -0.1) is 0 Å². The Morgan fingerprint density at radius 3 is 2.38 bits per heavy atom. The van der Waals surface area contributed by atoms with Gasteiger partial charge in [-0.25, -0.2) is 17.5 Å². The molecule has 1 aliphatic rings. The predicted molar refractivity (Wildman–Crippen MR) is 121 cm³/mol. The monoisotopic (exact) mass is 479 g/mol. The molecule has 2 aromatic rings. The number of sulfonamides is 1. The molecule has 1 saturated carbocycles. The molecule has 0 spiro atoms. The number of methoxy groups -OCH3 is 1. The lowest BCUT2D eigenvalue weighted by atomic mass is 10.2. The molecule has 0 unspecified atom stereocenters. The highest BCUT2D eigenvalue weighted by Gasteiger charge is 2.37. The first-order chi connectivity index (χ1) is 15.3. The number of hydrogen-bond acceptors (Lipinski definition) is 5. The number of nitrogens with zero attached hydrogens (tertiary/aromatic N) is 1. The van der Waals surface area contributed by atoms with Crippen LogP contribution in [0, 0.1) is 0 Å². The van der Waals surface area contributed by atoms with Crippen LogP contribution in [0.25, 0.3) is 0 Å². The molecule has 2 N–H and O–H groups in total. The zero-order chi connectivity index (χ0) is 23.1. The molecule has 0 atom stereocenters. The third kappa shape index (κ3) is 5.52. The van der Waals surface area contributed by atoms with Crippen LogP contribution in [0.3, 0.4) is 0 Å². The molecule has 172 valence electrons. The van der Waals surface area contributed by atoms with Gasteiger partial charge in [0, 0.05) is 18.1 Å². The van der Waals surface area contributed by atoms with E-state index in [0.717, 1.165) is 17.1 Å². The van der Waals surface area contributed by atoms with E-state index >= 15 is 0 Å². The molecular formula is C22H26ClN3O5S. The fourth-order valence-electron chi connectivity index (χ4n) is 3.69. The van der Waals surface area contributed by atoms with Crippen LogP contribution in [0.5, 0.6) is 5.75 Å². The van der Waals surface area contributed by atoms with E-state index in [1.54, 1.807) is 30.3 Å². The second kappa shape index (κ2) is 10.7. The first-order valence-corrected chi connectivity index (χ1v) is 12.2. The molecule has 3 rings (SSSR count). The second-order valence-corrected chi connectivity index (χ2v) is 9.64. The van der Waals surface area contributed by atoms with Gasteiger partial charge >= 0.3 is 6.03 Å². The molecule has 32 heavy (non-hydrogen) atoms. The molecule has 10 heteroatoms. The van der Waals surface area contributed by atoms with E-state index in [1.165, 1.54) is 25.3 Å². The number of rotatable bonds is 8. The Morgan fingerprint density at radius 2 is 1.72 bits per heavy atom. The SMILES string of the molecule is COc1ccc(Cl)cc1C(=O)NCCNC(=O)N(C1CCCC1)S(=O)(=O)c1ccccc1. The molecule has 0 heterocycles. The first-order valence-electron chi connectivity index (χ1n) is 10.3. The van der Waals surface area contributed by atoms with Crippen molar-refractivity contribution in [3.05, 3.63) is 59.1 Å². The molecule has 8 nitrogen and oxygen atoms in total. The van der Waals surface area contributed by atoms with Gasteiger partial charge in [0.05, 0.1) is 23.6 Å². The van der Waals surface area contributed by atoms with Gasteiger partial charge in [-0.05, 0) is 43.2 Å². The number of hydrogen-bond donors (Lipinski definition) is 2. The summed E-state index contributed by atoms with van der Waals surface area (Å²) in [6, 6.07) is 11.5.